The van der Waals surface area contributed by atoms with Gasteiger partial charge in [-0.3, -0.25) is 4.79 Å². The molecule has 0 aliphatic heterocycles. The molecule has 4 nitrogen and oxygen atoms in total. The minimum atomic E-state index is -0.176. The molecular weight excluding hydrogens is 224 g/mol. The summed E-state index contributed by atoms with van der Waals surface area (Å²) in [4.78, 5) is 10.8. The van der Waals surface area contributed by atoms with Crippen LogP contribution in [0.5, 0.6) is 0 Å². The molecule has 0 aliphatic carbocycles. The first-order valence-electron chi connectivity index (χ1n) is 3.51. The molecule has 66 valence electrons. The van der Waals surface area contributed by atoms with E-state index in [0.29, 0.717) is 6.54 Å². The van der Waals surface area contributed by atoms with Crippen molar-refractivity contribution >= 4 is 21.8 Å². The molecule has 5 heteroatoms. The number of nitrogens with zero attached hydrogens (tertiary/aromatic N) is 1. The van der Waals surface area contributed by atoms with Gasteiger partial charge in [-0.1, -0.05) is 21.1 Å². The Morgan fingerprint density at radius 1 is 1.92 bits per heavy atom. The van der Waals surface area contributed by atoms with E-state index in [1.54, 1.807) is 13.0 Å². The fraction of sp³-hybridized carbons (Fsp3) is 0.429. The van der Waals surface area contributed by atoms with E-state index in [1.165, 1.54) is 6.26 Å². The molecule has 0 aromatic carbocycles. The minimum Gasteiger partial charge on any atom is -0.364 e. The third-order valence-corrected chi connectivity index (χ3v) is 1.71. The van der Waals surface area contributed by atoms with Gasteiger partial charge in [0.25, 0.3) is 0 Å². The average molecular weight is 233 g/mol. The summed E-state index contributed by atoms with van der Waals surface area (Å²) in [6, 6.07) is 1.71. The summed E-state index contributed by atoms with van der Waals surface area (Å²) in [5.41, 5.74) is 0.719. The highest BCUT2D eigenvalue weighted by Gasteiger charge is 2.07. The van der Waals surface area contributed by atoms with Crippen LogP contribution in [0.4, 0.5) is 0 Å². The minimum absolute atomic E-state index is 0.0574. The molecule has 1 amide bonds. The van der Waals surface area contributed by atoms with Gasteiger partial charge in [0.15, 0.2) is 0 Å². The van der Waals surface area contributed by atoms with Crippen LogP contribution >= 0.6 is 15.9 Å². The maximum atomic E-state index is 11.0. The van der Waals surface area contributed by atoms with Gasteiger partial charge < -0.3 is 9.84 Å². The molecule has 1 aromatic rings. The van der Waals surface area contributed by atoms with Crippen LogP contribution in [0.1, 0.15) is 12.6 Å². The second-order valence-corrected chi connectivity index (χ2v) is 3.70. The van der Waals surface area contributed by atoms with E-state index in [4.69, 9.17) is 0 Å². The molecule has 1 heterocycles. The highest BCUT2D eigenvalue weighted by molar-refractivity contribution is 9.10. The Morgan fingerprint density at radius 2 is 2.67 bits per heavy atom. The molecule has 0 aliphatic rings. The number of halogens is 1. The van der Waals surface area contributed by atoms with Crippen LogP contribution in [0.25, 0.3) is 0 Å². The maximum Gasteiger partial charge on any atom is 0.233 e. The third-order valence-electron chi connectivity index (χ3n) is 1.30. The molecule has 0 radical (unpaired) electrons. The molecule has 0 saturated carbocycles. The molecule has 0 saturated heterocycles. The van der Waals surface area contributed by atoms with Gasteiger partial charge in [-0.15, -0.1) is 0 Å². The first kappa shape index (κ1) is 9.25. The fourth-order valence-corrected chi connectivity index (χ4v) is 0.809. The Balaban J connectivity index is 2.32. The lowest BCUT2D eigenvalue weighted by atomic mass is 10.4. The van der Waals surface area contributed by atoms with Crippen molar-refractivity contribution in [3.05, 3.63) is 18.0 Å². The molecule has 1 N–H and O–H groups in total. The van der Waals surface area contributed by atoms with Gasteiger partial charge in [0.2, 0.25) is 5.91 Å². The van der Waals surface area contributed by atoms with Crippen LogP contribution in [0, 0.1) is 0 Å². The number of aromatic nitrogens is 1. The van der Waals surface area contributed by atoms with E-state index in [9.17, 15) is 4.79 Å². The largest absolute Gasteiger partial charge is 0.364 e. The highest BCUT2D eigenvalue weighted by atomic mass is 79.9. The Hall–Kier alpha value is -0.840. The monoisotopic (exact) mass is 232 g/mol. The van der Waals surface area contributed by atoms with Gasteiger partial charge >= 0.3 is 0 Å². The molecule has 0 bridgehead atoms. The van der Waals surface area contributed by atoms with E-state index in [2.05, 4.69) is 30.9 Å². The summed E-state index contributed by atoms with van der Waals surface area (Å²) in [6.45, 7) is 2.17. The summed E-state index contributed by atoms with van der Waals surface area (Å²) in [5, 5.41) is 6.32. The number of hydrogen-bond acceptors (Lipinski definition) is 3. The van der Waals surface area contributed by atoms with E-state index < -0.39 is 0 Å². The van der Waals surface area contributed by atoms with Crippen molar-refractivity contribution in [2.24, 2.45) is 0 Å². The van der Waals surface area contributed by atoms with Gasteiger partial charge in [0.1, 0.15) is 12.0 Å². The zero-order valence-electron chi connectivity index (χ0n) is 6.58. The Labute approximate surface area is 78.4 Å². The maximum absolute atomic E-state index is 11.0. The van der Waals surface area contributed by atoms with Crippen molar-refractivity contribution < 1.29 is 9.32 Å². The second kappa shape index (κ2) is 4.25. The van der Waals surface area contributed by atoms with Crippen LogP contribution < -0.4 is 5.32 Å². The molecule has 0 fully saturated rings. The lowest BCUT2D eigenvalue weighted by Crippen LogP contribution is -2.28. The van der Waals surface area contributed by atoms with Crippen molar-refractivity contribution in [3.8, 4) is 0 Å². The topological polar surface area (TPSA) is 55.1 Å². The Morgan fingerprint density at radius 3 is 3.17 bits per heavy atom. The van der Waals surface area contributed by atoms with E-state index in [0.717, 1.165) is 5.69 Å². The molecular formula is C7H9BrN2O2. The van der Waals surface area contributed by atoms with Crippen LogP contribution in [-0.2, 0) is 11.3 Å². The number of rotatable bonds is 3. The van der Waals surface area contributed by atoms with Crippen molar-refractivity contribution in [1.82, 2.24) is 10.5 Å². The van der Waals surface area contributed by atoms with Gasteiger partial charge in [0, 0.05) is 6.07 Å². The summed E-state index contributed by atoms with van der Waals surface area (Å²) < 4.78 is 4.59. The Kier molecular flexibility index (Phi) is 3.28. The first-order valence-corrected chi connectivity index (χ1v) is 4.43. The number of carbonyl (C=O) groups excluding carboxylic acids is 1. The number of carbonyl (C=O) groups is 1. The quantitative estimate of drug-likeness (QED) is 0.794. The zero-order valence-corrected chi connectivity index (χ0v) is 8.17. The first-order chi connectivity index (χ1) is 5.70. The number of amides is 1. The van der Waals surface area contributed by atoms with Crippen molar-refractivity contribution in [3.63, 3.8) is 0 Å². The predicted octanol–water partition coefficient (Wildman–Crippen LogP) is 1.07. The van der Waals surface area contributed by atoms with Crippen LogP contribution in [0.3, 0.4) is 0 Å². The number of hydrogen-bond donors (Lipinski definition) is 1. The molecule has 0 spiro atoms. The lowest BCUT2D eigenvalue weighted by Gasteiger charge is -2.03. The van der Waals surface area contributed by atoms with Gasteiger partial charge in [-0.25, -0.2) is 0 Å². The molecule has 1 aromatic heterocycles. The molecule has 1 rings (SSSR count). The van der Waals surface area contributed by atoms with Crippen LogP contribution in [0.2, 0.25) is 0 Å². The lowest BCUT2D eigenvalue weighted by molar-refractivity contribution is -0.120. The average Bonchev–Trinajstić information content (AvgIpc) is 2.51. The molecule has 1 unspecified atom stereocenters. The Bertz CT molecular complexity index is 246. The van der Waals surface area contributed by atoms with E-state index >= 15 is 0 Å². The summed E-state index contributed by atoms with van der Waals surface area (Å²) >= 11 is 3.15. The standard InChI is InChI=1S/C7H9BrN2O2/c1-5(8)7(11)9-4-6-2-3-12-10-6/h2-3,5H,4H2,1H3,(H,9,11). The van der Waals surface area contributed by atoms with Crippen molar-refractivity contribution in [2.75, 3.05) is 0 Å². The molecule has 12 heavy (non-hydrogen) atoms. The SMILES string of the molecule is CC(Br)C(=O)NCc1ccon1. The second-order valence-electron chi connectivity index (χ2n) is 2.32. The van der Waals surface area contributed by atoms with Gasteiger partial charge in [-0.05, 0) is 6.92 Å². The summed E-state index contributed by atoms with van der Waals surface area (Å²) in [7, 11) is 0. The van der Waals surface area contributed by atoms with Crippen molar-refractivity contribution in [2.45, 2.75) is 18.3 Å². The highest BCUT2D eigenvalue weighted by Crippen LogP contribution is 1.98. The normalized spacial score (nSPS) is 12.5. The van der Waals surface area contributed by atoms with E-state index in [-0.39, 0.29) is 10.7 Å². The fourth-order valence-electron chi connectivity index (χ4n) is 0.647. The summed E-state index contributed by atoms with van der Waals surface area (Å²) in [5.74, 6) is -0.0574. The van der Waals surface area contributed by atoms with E-state index in [1.807, 2.05) is 0 Å². The van der Waals surface area contributed by atoms with Gasteiger partial charge in [-0.2, -0.15) is 0 Å². The zero-order chi connectivity index (χ0) is 8.97. The van der Waals surface area contributed by atoms with Crippen molar-refractivity contribution in [1.29, 1.82) is 0 Å². The van der Waals surface area contributed by atoms with Crippen LogP contribution in [0.15, 0.2) is 16.9 Å². The molecule has 1 atom stereocenters. The number of alkyl halides is 1. The summed E-state index contributed by atoms with van der Waals surface area (Å²) in [6.07, 6.45) is 1.47. The predicted molar refractivity (Wildman–Crippen MR) is 46.7 cm³/mol. The smallest absolute Gasteiger partial charge is 0.233 e. The van der Waals surface area contributed by atoms with Gasteiger partial charge in [0.05, 0.1) is 11.4 Å². The third kappa shape index (κ3) is 2.65. The number of nitrogens with one attached hydrogen (secondary N) is 1. The van der Waals surface area contributed by atoms with Crippen LogP contribution in [-0.4, -0.2) is 15.9 Å².